The lowest BCUT2D eigenvalue weighted by Gasteiger charge is -2.19. The van der Waals surface area contributed by atoms with Gasteiger partial charge in [0.05, 0.1) is 0 Å². The molecular formula is C14H22N2O2S. The molecule has 0 heterocycles. The molecule has 5 heteroatoms. The van der Waals surface area contributed by atoms with Crippen LogP contribution in [0.25, 0.3) is 0 Å². The van der Waals surface area contributed by atoms with Crippen LogP contribution in [-0.2, 0) is 0 Å². The number of hydrogen-bond acceptors (Lipinski definition) is 4. The van der Waals surface area contributed by atoms with Crippen molar-refractivity contribution < 1.29 is 9.84 Å². The fourth-order valence-electron chi connectivity index (χ4n) is 1.73. The number of benzene rings is 1. The number of thiocarbonyl (C=S) groups is 1. The van der Waals surface area contributed by atoms with Crippen molar-refractivity contribution in [1.29, 1.82) is 0 Å². The first-order valence-corrected chi connectivity index (χ1v) is 6.94. The predicted molar refractivity (Wildman–Crippen MR) is 81.6 cm³/mol. The summed E-state index contributed by atoms with van der Waals surface area (Å²) in [5.74, 6) is 0.818. The van der Waals surface area contributed by atoms with E-state index in [9.17, 15) is 0 Å². The minimum atomic E-state index is 0.234. The van der Waals surface area contributed by atoms with Gasteiger partial charge in [0, 0.05) is 25.3 Å². The fraction of sp³-hybridized carbons (Fsp3) is 0.500. The zero-order valence-electron chi connectivity index (χ0n) is 11.3. The van der Waals surface area contributed by atoms with E-state index < -0.39 is 0 Å². The standard InChI is InChI=1S/C14H22N2O2S/c1-2-16(8-3-10-17)9-11-18-13-6-4-12(5-7-13)14(15)19/h4-7,17H,2-3,8-11H2,1H3,(H2,15,19). The summed E-state index contributed by atoms with van der Waals surface area (Å²) in [4.78, 5) is 2.65. The summed E-state index contributed by atoms with van der Waals surface area (Å²) in [5.41, 5.74) is 6.38. The smallest absolute Gasteiger partial charge is 0.119 e. The Morgan fingerprint density at radius 1 is 1.32 bits per heavy atom. The van der Waals surface area contributed by atoms with Crippen LogP contribution in [0.2, 0.25) is 0 Å². The molecule has 0 radical (unpaired) electrons. The maximum absolute atomic E-state index is 8.81. The van der Waals surface area contributed by atoms with Crippen LogP contribution in [0, 0.1) is 0 Å². The van der Waals surface area contributed by atoms with Gasteiger partial charge in [-0.2, -0.15) is 0 Å². The second-order valence-corrected chi connectivity index (χ2v) is 4.69. The highest BCUT2D eigenvalue weighted by Gasteiger charge is 2.02. The van der Waals surface area contributed by atoms with Gasteiger partial charge in [-0.25, -0.2) is 0 Å². The van der Waals surface area contributed by atoms with E-state index in [0.29, 0.717) is 11.6 Å². The Morgan fingerprint density at radius 3 is 2.53 bits per heavy atom. The van der Waals surface area contributed by atoms with E-state index in [-0.39, 0.29) is 6.61 Å². The molecule has 1 aromatic rings. The molecule has 3 N–H and O–H groups in total. The first-order chi connectivity index (χ1) is 9.17. The molecule has 0 aromatic heterocycles. The van der Waals surface area contributed by atoms with Crippen molar-refractivity contribution in [1.82, 2.24) is 4.90 Å². The molecule has 4 nitrogen and oxygen atoms in total. The van der Waals surface area contributed by atoms with Crippen LogP contribution >= 0.6 is 12.2 Å². The highest BCUT2D eigenvalue weighted by atomic mass is 32.1. The van der Waals surface area contributed by atoms with Crippen LogP contribution in [0.3, 0.4) is 0 Å². The van der Waals surface area contributed by atoms with Crippen LogP contribution in [0.15, 0.2) is 24.3 Å². The van der Waals surface area contributed by atoms with Crippen LogP contribution < -0.4 is 10.5 Å². The zero-order chi connectivity index (χ0) is 14.1. The fourth-order valence-corrected chi connectivity index (χ4v) is 1.87. The van der Waals surface area contributed by atoms with E-state index in [4.69, 9.17) is 27.8 Å². The molecule has 0 unspecified atom stereocenters. The number of aliphatic hydroxyl groups excluding tert-OH is 1. The van der Waals surface area contributed by atoms with Crippen LogP contribution in [0.1, 0.15) is 18.9 Å². The first kappa shape index (κ1) is 15.9. The largest absolute Gasteiger partial charge is 0.492 e. The molecule has 1 rings (SSSR count). The predicted octanol–water partition coefficient (Wildman–Crippen LogP) is 1.40. The number of nitrogens with two attached hydrogens (primary N) is 1. The average molecular weight is 282 g/mol. The van der Waals surface area contributed by atoms with Gasteiger partial charge in [0.2, 0.25) is 0 Å². The monoisotopic (exact) mass is 282 g/mol. The Bertz CT molecular complexity index is 382. The summed E-state index contributed by atoms with van der Waals surface area (Å²) >= 11 is 4.89. The van der Waals surface area contributed by atoms with E-state index in [1.165, 1.54) is 0 Å². The topological polar surface area (TPSA) is 58.7 Å². The number of rotatable bonds is 9. The van der Waals surface area contributed by atoms with Crippen LogP contribution in [0.5, 0.6) is 5.75 Å². The van der Waals surface area contributed by atoms with Gasteiger partial charge >= 0.3 is 0 Å². The molecule has 0 aliphatic heterocycles. The summed E-state index contributed by atoms with van der Waals surface area (Å²) in [5, 5.41) is 8.81. The first-order valence-electron chi connectivity index (χ1n) is 6.53. The Kier molecular flexibility index (Phi) is 7.40. The molecule has 106 valence electrons. The van der Waals surface area contributed by atoms with Gasteiger partial charge in [0.15, 0.2) is 0 Å². The molecule has 0 fully saturated rings. The minimum Gasteiger partial charge on any atom is -0.492 e. The lowest BCUT2D eigenvalue weighted by Crippen LogP contribution is -2.29. The van der Waals surface area contributed by atoms with Crippen molar-refractivity contribution in [3.63, 3.8) is 0 Å². The SMILES string of the molecule is CCN(CCCO)CCOc1ccc(C(N)=S)cc1. The van der Waals surface area contributed by atoms with Crippen molar-refractivity contribution in [3.05, 3.63) is 29.8 Å². The van der Waals surface area contributed by atoms with Crippen LogP contribution in [0.4, 0.5) is 0 Å². The maximum atomic E-state index is 8.81. The second kappa shape index (κ2) is 8.85. The van der Waals surface area contributed by atoms with Crippen molar-refractivity contribution >= 4 is 17.2 Å². The van der Waals surface area contributed by atoms with Crippen molar-refractivity contribution in [3.8, 4) is 5.75 Å². The lowest BCUT2D eigenvalue weighted by molar-refractivity contribution is 0.195. The Labute approximate surface area is 120 Å². The van der Waals surface area contributed by atoms with Gasteiger partial charge in [-0.15, -0.1) is 0 Å². The zero-order valence-corrected chi connectivity index (χ0v) is 12.2. The highest BCUT2D eigenvalue weighted by molar-refractivity contribution is 7.80. The average Bonchev–Trinajstić information content (AvgIpc) is 2.43. The molecule has 0 bridgehead atoms. The van der Waals surface area contributed by atoms with Crippen LogP contribution in [-0.4, -0.2) is 47.8 Å². The van der Waals surface area contributed by atoms with Gasteiger partial charge in [-0.3, -0.25) is 0 Å². The lowest BCUT2D eigenvalue weighted by atomic mass is 10.2. The molecule has 19 heavy (non-hydrogen) atoms. The quantitative estimate of drug-likeness (QED) is 0.671. The summed E-state index contributed by atoms with van der Waals surface area (Å²) in [7, 11) is 0. The summed E-state index contributed by atoms with van der Waals surface area (Å²) in [6.07, 6.45) is 0.802. The third-order valence-corrected chi connectivity index (χ3v) is 3.13. The molecule has 0 aliphatic rings. The van der Waals surface area contributed by atoms with Gasteiger partial charge in [-0.05, 0) is 37.2 Å². The normalized spacial score (nSPS) is 10.7. The Balaban J connectivity index is 2.33. The van der Waals surface area contributed by atoms with Crippen molar-refractivity contribution in [2.45, 2.75) is 13.3 Å². The number of ether oxygens (including phenoxy) is 1. The van der Waals surface area contributed by atoms with E-state index in [2.05, 4.69) is 11.8 Å². The van der Waals surface area contributed by atoms with Gasteiger partial charge < -0.3 is 20.5 Å². The number of hydrogen-bond donors (Lipinski definition) is 2. The van der Waals surface area contributed by atoms with E-state index in [1.54, 1.807) is 0 Å². The number of nitrogens with zero attached hydrogens (tertiary/aromatic N) is 1. The Hall–Kier alpha value is -1.17. The molecule has 1 aromatic carbocycles. The molecule has 0 atom stereocenters. The third-order valence-electron chi connectivity index (χ3n) is 2.89. The molecule has 0 saturated heterocycles. The molecular weight excluding hydrogens is 260 g/mol. The molecule has 0 amide bonds. The van der Waals surface area contributed by atoms with E-state index in [1.807, 2.05) is 24.3 Å². The van der Waals surface area contributed by atoms with Gasteiger partial charge in [0.25, 0.3) is 0 Å². The van der Waals surface area contributed by atoms with Gasteiger partial charge in [0.1, 0.15) is 17.3 Å². The number of aliphatic hydroxyl groups is 1. The van der Waals surface area contributed by atoms with E-state index >= 15 is 0 Å². The summed E-state index contributed by atoms with van der Waals surface area (Å²) < 4.78 is 5.66. The van der Waals surface area contributed by atoms with Gasteiger partial charge in [-0.1, -0.05) is 19.1 Å². The molecule has 0 saturated carbocycles. The highest BCUT2D eigenvalue weighted by Crippen LogP contribution is 2.12. The van der Waals surface area contributed by atoms with Crippen molar-refractivity contribution in [2.24, 2.45) is 5.73 Å². The van der Waals surface area contributed by atoms with Crippen molar-refractivity contribution in [2.75, 3.05) is 32.8 Å². The third kappa shape index (κ3) is 6.00. The second-order valence-electron chi connectivity index (χ2n) is 4.25. The minimum absolute atomic E-state index is 0.234. The Morgan fingerprint density at radius 2 is 2.00 bits per heavy atom. The molecule has 0 aliphatic carbocycles. The maximum Gasteiger partial charge on any atom is 0.119 e. The summed E-state index contributed by atoms with van der Waals surface area (Å²) in [6.45, 7) is 5.69. The summed E-state index contributed by atoms with van der Waals surface area (Å²) in [6, 6.07) is 7.47. The molecule has 0 spiro atoms. The van der Waals surface area contributed by atoms with E-state index in [0.717, 1.165) is 37.4 Å². The number of likely N-dealkylation sites (N-methyl/N-ethyl adjacent to an activating group) is 1.